The number of benzene rings is 2. The lowest BCUT2D eigenvalue weighted by Gasteiger charge is -2.27. The Labute approximate surface area is 325 Å². The van der Waals surface area contributed by atoms with Gasteiger partial charge < -0.3 is 47.1 Å². The van der Waals surface area contributed by atoms with E-state index in [1.807, 2.05) is 0 Å². The zero-order valence-electron chi connectivity index (χ0n) is 30.3. The summed E-state index contributed by atoms with van der Waals surface area (Å²) in [5.41, 5.74) is 6.16. The number of aliphatic carboxylic acids is 2. The van der Waals surface area contributed by atoms with Gasteiger partial charge in [-0.1, -0.05) is 42.5 Å². The average Bonchev–Trinajstić information content (AvgIpc) is 3.10. The SMILES string of the molecule is CSCC[C@H](NC(=O)[C@H](Cc1ccc(OP(=O)(O)O)cc1)NC(=O)[C@H](Cc1ccccc1)NC(=O)[C@H](CCC(=O)O)NC(C)=O)C(=O)N[C@@H](CC(=O)O)C(N)=O. The third-order valence-corrected chi connectivity index (χ3v) is 8.85. The monoisotopic (exact) mass is 824 g/mol. The number of primary amides is 1. The van der Waals surface area contributed by atoms with Gasteiger partial charge in [0.05, 0.1) is 6.42 Å². The fourth-order valence-electron chi connectivity index (χ4n) is 5.10. The molecule has 0 heterocycles. The fourth-order valence-corrected chi connectivity index (χ4v) is 5.97. The smallest absolute Gasteiger partial charge is 0.481 e. The molecule has 0 bridgehead atoms. The molecule has 6 amide bonds. The molecule has 0 unspecified atom stereocenters. The molecule has 0 aliphatic rings. The number of hydrogen-bond acceptors (Lipinski definition) is 11. The van der Waals surface area contributed by atoms with E-state index in [1.54, 1.807) is 36.6 Å². The Morgan fingerprint density at radius 2 is 1.14 bits per heavy atom. The Morgan fingerprint density at radius 3 is 1.59 bits per heavy atom. The first-order valence-electron chi connectivity index (χ1n) is 16.9. The molecule has 0 aromatic heterocycles. The van der Waals surface area contributed by atoms with Crippen LogP contribution in [0.15, 0.2) is 54.6 Å². The van der Waals surface area contributed by atoms with E-state index >= 15 is 0 Å². The van der Waals surface area contributed by atoms with Gasteiger partial charge in [-0.15, -0.1) is 0 Å². The first-order valence-corrected chi connectivity index (χ1v) is 19.8. The van der Waals surface area contributed by atoms with E-state index in [1.165, 1.54) is 36.0 Å². The molecule has 0 fully saturated rings. The summed E-state index contributed by atoms with van der Waals surface area (Å²) in [6, 6.07) is 6.23. The normalized spacial score (nSPS) is 13.7. The molecule has 0 spiro atoms. The third-order valence-electron chi connectivity index (χ3n) is 7.76. The molecule has 0 radical (unpaired) electrons. The number of amides is 6. The van der Waals surface area contributed by atoms with Crippen molar-refractivity contribution in [2.75, 3.05) is 12.0 Å². The maximum absolute atomic E-state index is 14.0. The topological polar surface area (TPSA) is 330 Å². The first-order chi connectivity index (χ1) is 26.3. The Bertz CT molecular complexity index is 1760. The highest BCUT2D eigenvalue weighted by atomic mass is 32.2. The molecule has 2 rings (SSSR count). The summed E-state index contributed by atoms with van der Waals surface area (Å²) in [6.45, 7) is 1.12. The fraction of sp³-hybridized carbons (Fsp3) is 0.412. The van der Waals surface area contributed by atoms with Crippen LogP contribution in [0.4, 0.5) is 0 Å². The number of carbonyl (C=O) groups excluding carboxylic acids is 6. The second kappa shape index (κ2) is 22.8. The van der Waals surface area contributed by atoms with Crippen LogP contribution in [0.2, 0.25) is 0 Å². The zero-order chi connectivity index (χ0) is 42.0. The highest BCUT2D eigenvalue weighted by Crippen LogP contribution is 2.37. The van der Waals surface area contributed by atoms with Crippen LogP contribution < -0.4 is 36.8 Å². The number of nitrogens with two attached hydrogens (primary N) is 1. The van der Waals surface area contributed by atoms with Crippen molar-refractivity contribution in [2.45, 2.75) is 75.7 Å². The second-order valence-electron chi connectivity index (χ2n) is 12.3. The van der Waals surface area contributed by atoms with Crippen LogP contribution in [-0.4, -0.2) is 110 Å². The van der Waals surface area contributed by atoms with Gasteiger partial charge in [-0.2, -0.15) is 11.8 Å². The number of thioether (sulfide) groups is 1. The van der Waals surface area contributed by atoms with Gasteiger partial charge in [-0.25, -0.2) is 4.57 Å². The standard InChI is InChI=1S/C34H45N6O14PS/c1-19(41)36-23(12-13-28(42)43)31(47)39-26(16-20-6-4-3-5-7-20)34(50)40-27(17-21-8-10-22(11-9-21)54-55(51,52)53)33(49)37-24(14-15-56-2)32(48)38-25(30(35)46)18-29(44)45/h3-11,23-27H,12-18H2,1-2H3,(H2,35,46)(H,36,41)(H,37,49)(H,38,48)(H,39,47)(H,40,50)(H,42,43)(H,44,45)(H2,51,52,53)/t23-,24-,25-,26-,27-/m0/s1. The Balaban J connectivity index is 2.51. The first kappa shape index (κ1) is 46.7. The molecular formula is C34H45N6O14PS. The number of carboxylic acids is 2. The molecule has 0 aliphatic heterocycles. The van der Waals surface area contributed by atoms with Gasteiger partial charge in [0.1, 0.15) is 36.0 Å². The average molecular weight is 825 g/mol. The summed E-state index contributed by atoms with van der Waals surface area (Å²) in [7, 11) is -4.91. The summed E-state index contributed by atoms with van der Waals surface area (Å²) in [6.07, 6.45) is -0.365. The number of hydrogen-bond donors (Lipinski definition) is 10. The van der Waals surface area contributed by atoms with E-state index < -0.39 is 98.3 Å². The lowest BCUT2D eigenvalue weighted by molar-refractivity contribution is -0.140. The molecule has 0 saturated heterocycles. The summed E-state index contributed by atoms with van der Waals surface area (Å²) in [4.78, 5) is 119. The van der Waals surface area contributed by atoms with Crippen LogP contribution in [0, 0.1) is 0 Å². The van der Waals surface area contributed by atoms with Gasteiger partial charge in [0, 0.05) is 26.2 Å². The van der Waals surface area contributed by atoms with E-state index in [0.717, 1.165) is 6.92 Å². The van der Waals surface area contributed by atoms with E-state index in [2.05, 4.69) is 31.1 Å². The van der Waals surface area contributed by atoms with E-state index in [0.29, 0.717) is 16.9 Å². The molecule has 56 heavy (non-hydrogen) atoms. The minimum absolute atomic E-state index is 0.0139. The largest absolute Gasteiger partial charge is 0.524 e. The Kier molecular flexibility index (Phi) is 19.0. The van der Waals surface area contributed by atoms with Crippen molar-refractivity contribution in [1.82, 2.24) is 26.6 Å². The van der Waals surface area contributed by atoms with Crippen molar-refractivity contribution in [3.05, 3.63) is 65.7 Å². The van der Waals surface area contributed by atoms with Crippen molar-refractivity contribution in [1.29, 1.82) is 0 Å². The van der Waals surface area contributed by atoms with Crippen LogP contribution in [0.5, 0.6) is 5.75 Å². The summed E-state index contributed by atoms with van der Waals surface area (Å²) in [5.74, 6) is -8.04. The minimum atomic E-state index is -4.91. The molecule has 2 aromatic carbocycles. The lowest BCUT2D eigenvalue weighted by atomic mass is 10.0. The molecule has 22 heteroatoms. The third kappa shape index (κ3) is 17.8. The molecule has 0 aliphatic carbocycles. The van der Waals surface area contributed by atoms with Crippen molar-refractivity contribution < 1.29 is 67.4 Å². The molecule has 11 N–H and O–H groups in total. The van der Waals surface area contributed by atoms with Crippen molar-refractivity contribution >= 4 is 67.0 Å². The Hall–Kier alpha value is -5.50. The van der Waals surface area contributed by atoms with Gasteiger partial charge in [-0.3, -0.25) is 48.1 Å². The van der Waals surface area contributed by atoms with Crippen molar-refractivity contribution in [2.24, 2.45) is 5.73 Å². The highest BCUT2D eigenvalue weighted by molar-refractivity contribution is 7.98. The van der Waals surface area contributed by atoms with E-state index in [4.69, 9.17) is 25.7 Å². The number of nitrogens with one attached hydrogen (secondary N) is 5. The molecule has 0 saturated carbocycles. The quantitative estimate of drug-likeness (QED) is 0.0566. The summed E-state index contributed by atoms with van der Waals surface area (Å²) < 4.78 is 15.9. The summed E-state index contributed by atoms with van der Waals surface area (Å²) >= 11 is 1.31. The van der Waals surface area contributed by atoms with Crippen molar-refractivity contribution in [3.63, 3.8) is 0 Å². The maximum atomic E-state index is 14.0. The van der Waals surface area contributed by atoms with Crippen LogP contribution in [0.1, 0.15) is 43.7 Å². The molecule has 306 valence electrons. The van der Waals surface area contributed by atoms with Crippen LogP contribution >= 0.6 is 19.6 Å². The van der Waals surface area contributed by atoms with Gasteiger partial charge in [0.2, 0.25) is 35.4 Å². The van der Waals surface area contributed by atoms with Gasteiger partial charge in [0.25, 0.3) is 0 Å². The maximum Gasteiger partial charge on any atom is 0.524 e. The second-order valence-corrected chi connectivity index (χ2v) is 14.5. The summed E-state index contributed by atoms with van der Waals surface area (Å²) in [5, 5.41) is 30.5. The number of phosphoric ester groups is 1. The molecular weight excluding hydrogens is 779 g/mol. The predicted octanol–water partition coefficient (Wildman–Crippen LogP) is -1.03. The van der Waals surface area contributed by atoms with E-state index in [9.17, 15) is 42.9 Å². The molecule has 5 atom stereocenters. The molecule has 2 aromatic rings. The molecule has 20 nitrogen and oxygen atoms in total. The van der Waals surface area contributed by atoms with Crippen LogP contribution in [0.3, 0.4) is 0 Å². The minimum Gasteiger partial charge on any atom is -0.481 e. The number of phosphoric acid groups is 1. The van der Waals surface area contributed by atoms with Gasteiger partial charge >= 0.3 is 19.8 Å². The number of rotatable bonds is 24. The van der Waals surface area contributed by atoms with Crippen LogP contribution in [0.25, 0.3) is 0 Å². The highest BCUT2D eigenvalue weighted by Gasteiger charge is 2.33. The lowest BCUT2D eigenvalue weighted by Crippen LogP contribution is -2.60. The zero-order valence-corrected chi connectivity index (χ0v) is 32.0. The van der Waals surface area contributed by atoms with Crippen molar-refractivity contribution in [3.8, 4) is 5.75 Å². The van der Waals surface area contributed by atoms with Gasteiger partial charge in [0.15, 0.2) is 0 Å². The Morgan fingerprint density at radius 1 is 0.679 bits per heavy atom. The predicted molar refractivity (Wildman–Crippen MR) is 200 cm³/mol. The van der Waals surface area contributed by atoms with E-state index in [-0.39, 0.29) is 31.4 Å². The number of carboxylic acid groups (broad SMARTS) is 2. The number of carbonyl (C=O) groups is 8. The van der Waals surface area contributed by atoms with Crippen LogP contribution in [-0.2, 0) is 55.8 Å². The van der Waals surface area contributed by atoms with Gasteiger partial charge in [-0.05, 0) is 48.1 Å².